The van der Waals surface area contributed by atoms with Gasteiger partial charge in [0.05, 0.1) is 12.2 Å². The third kappa shape index (κ3) is 1.80. The van der Waals surface area contributed by atoms with Crippen molar-refractivity contribution < 1.29 is 0 Å². The Labute approximate surface area is 77.5 Å². The van der Waals surface area contributed by atoms with E-state index in [-0.39, 0.29) is 0 Å². The van der Waals surface area contributed by atoms with Gasteiger partial charge in [0, 0.05) is 19.6 Å². The van der Waals surface area contributed by atoms with E-state index in [0.717, 1.165) is 31.9 Å². The van der Waals surface area contributed by atoms with Crippen LogP contribution in [0.5, 0.6) is 0 Å². The minimum Gasteiger partial charge on any atom is -0.364 e. The van der Waals surface area contributed by atoms with Gasteiger partial charge in [-0.2, -0.15) is 0 Å². The van der Waals surface area contributed by atoms with E-state index in [1.807, 2.05) is 4.68 Å². The van der Waals surface area contributed by atoms with E-state index in [1.54, 1.807) is 6.20 Å². The lowest BCUT2D eigenvalue weighted by molar-refractivity contribution is 0.465. The van der Waals surface area contributed by atoms with Gasteiger partial charge in [0.15, 0.2) is 0 Å². The van der Waals surface area contributed by atoms with Gasteiger partial charge in [-0.1, -0.05) is 12.1 Å². The van der Waals surface area contributed by atoms with Crippen LogP contribution in [0, 0.1) is 0 Å². The number of hydrogen-bond acceptors (Lipinski definition) is 4. The summed E-state index contributed by atoms with van der Waals surface area (Å²) in [6, 6.07) is 0.550. The second-order valence-electron chi connectivity index (χ2n) is 3.34. The molecule has 0 bridgehead atoms. The zero-order chi connectivity index (χ0) is 9.10. The summed E-state index contributed by atoms with van der Waals surface area (Å²) in [4.78, 5) is 0. The van der Waals surface area contributed by atoms with E-state index in [1.165, 1.54) is 0 Å². The Balaban J connectivity index is 1.96. The van der Waals surface area contributed by atoms with Crippen molar-refractivity contribution in [1.29, 1.82) is 0 Å². The fourth-order valence-electron chi connectivity index (χ4n) is 1.35. The van der Waals surface area contributed by atoms with Crippen molar-refractivity contribution in [3.63, 3.8) is 0 Å². The third-order valence-electron chi connectivity index (χ3n) is 2.19. The molecule has 13 heavy (non-hydrogen) atoms. The quantitative estimate of drug-likeness (QED) is 0.690. The van der Waals surface area contributed by atoms with Crippen molar-refractivity contribution in [2.45, 2.75) is 25.9 Å². The van der Waals surface area contributed by atoms with Crippen LogP contribution in [0.2, 0.25) is 0 Å². The number of aromatic nitrogens is 3. The average molecular weight is 181 g/mol. The molecule has 1 aliphatic heterocycles. The second-order valence-corrected chi connectivity index (χ2v) is 3.34. The van der Waals surface area contributed by atoms with Crippen molar-refractivity contribution in [3.05, 3.63) is 6.20 Å². The van der Waals surface area contributed by atoms with Gasteiger partial charge in [0.1, 0.15) is 5.82 Å². The van der Waals surface area contributed by atoms with Gasteiger partial charge in [-0.15, -0.1) is 5.10 Å². The molecule has 5 heteroatoms. The van der Waals surface area contributed by atoms with Gasteiger partial charge < -0.3 is 10.6 Å². The average Bonchev–Trinajstić information content (AvgIpc) is 2.46. The lowest BCUT2D eigenvalue weighted by atomic mass is 10.2. The van der Waals surface area contributed by atoms with Crippen molar-refractivity contribution in [2.24, 2.45) is 0 Å². The molecule has 0 aromatic carbocycles. The third-order valence-corrected chi connectivity index (χ3v) is 2.19. The molecule has 1 aromatic heterocycles. The molecule has 2 heterocycles. The topological polar surface area (TPSA) is 54.8 Å². The molecule has 0 amide bonds. The smallest absolute Gasteiger partial charge is 0.145 e. The number of aryl methyl sites for hydroxylation is 1. The lowest BCUT2D eigenvalue weighted by Crippen LogP contribution is -2.51. The Morgan fingerprint density at radius 2 is 2.54 bits per heavy atom. The predicted molar refractivity (Wildman–Crippen MR) is 50.6 cm³/mol. The van der Waals surface area contributed by atoms with Crippen molar-refractivity contribution >= 4 is 5.82 Å². The van der Waals surface area contributed by atoms with Gasteiger partial charge >= 0.3 is 0 Å². The molecule has 1 aromatic rings. The fourth-order valence-corrected chi connectivity index (χ4v) is 1.35. The van der Waals surface area contributed by atoms with Crippen LogP contribution >= 0.6 is 0 Å². The maximum Gasteiger partial charge on any atom is 0.145 e. The summed E-state index contributed by atoms with van der Waals surface area (Å²) < 4.78 is 1.92. The maximum absolute atomic E-state index is 4.00. The Morgan fingerprint density at radius 1 is 1.69 bits per heavy atom. The van der Waals surface area contributed by atoms with Crippen LogP contribution < -0.4 is 10.6 Å². The summed E-state index contributed by atoms with van der Waals surface area (Å²) in [7, 11) is 0. The SMILES string of the molecule is CCCn1nncc1NC1CNC1. The standard InChI is InChI=1S/C8H15N5/c1-2-3-13-8(6-10-12-13)11-7-4-9-5-7/h6-7,9,11H,2-5H2,1H3. The number of anilines is 1. The first-order valence-corrected chi connectivity index (χ1v) is 4.76. The second kappa shape index (κ2) is 3.74. The Kier molecular flexibility index (Phi) is 2.44. The molecular weight excluding hydrogens is 166 g/mol. The molecule has 72 valence electrons. The van der Waals surface area contributed by atoms with Gasteiger partial charge in [0.2, 0.25) is 0 Å². The van der Waals surface area contributed by atoms with Gasteiger partial charge in [-0.05, 0) is 6.42 Å². The normalized spacial score (nSPS) is 17.0. The largest absolute Gasteiger partial charge is 0.364 e. The highest BCUT2D eigenvalue weighted by Crippen LogP contribution is 2.08. The maximum atomic E-state index is 4.00. The van der Waals surface area contributed by atoms with Crippen LogP contribution in [0.15, 0.2) is 6.20 Å². The number of nitrogens with one attached hydrogen (secondary N) is 2. The summed E-state index contributed by atoms with van der Waals surface area (Å²) in [6.07, 6.45) is 2.87. The fraction of sp³-hybridized carbons (Fsp3) is 0.750. The van der Waals surface area contributed by atoms with Crippen LogP contribution in [0.4, 0.5) is 5.82 Å². The van der Waals surface area contributed by atoms with Crippen molar-refractivity contribution in [3.8, 4) is 0 Å². The van der Waals surface area contributed by atoms with Crippen molar-refractivity contribution in [2.75, 3.05) is 18.4 Å². The van der Waals surface area contributed by atoms with Crippen LogP contribution in [0.3, 0.4) is 0 Å². The molecular formula is C8H15N5. The number of rotatable bonds is 4. The van der Waals surface area contributed by atoms with E-state index in [2.05, 4.69) is 27.9 Å². The minimum atomic E-state index is 0.550. The van der Waals surface area contributed by atoms with E-state index in [0.29, 0.717) is 6.04 Å². The summed E-state index contributed by atoms with van der Waals surface area (Å²) in [6.45, 7) is 5.15. The van der Waals surface area contributed by atoms with Gasteiger partial charge in [-0.25, -0.2) is 4.68 Å². The van der Waals surface area contributed by atoms with E-state index in [9.17, 15) is 0 Å². The summed E-state index contributed by atoms with van der Waals surface area (Å²) in [5.41, 5.74) is 0. The molecule has 0 aliphatic carbocycles. The number of nitrogens with zero attached hydrogens (tertiary/aromatic N) is 3. The highest BCUT2D eigenvalue weighted by atomic mass is 15.5. The van der Waals surface area contributed by atoms with Crippen LogP contribution in [-0.4, -0.2) is 34.1 Å². The molecule has 0 unspecified atom stereocenters. The van der Waals surface area contributed by atoms with Crippen LogP contribution in [-0.2, 0) is 6.54 Å². The summed E-state index contributed by atoms with van der Waals surface area (Å²) in [5, 5.41) is 14.5. The van der Waals surface area contributed by atoms with E-state index >= 15 is 0 Å². The van der Waals surface area contributed by atoms with Crippen molar-refractivity contribution in [1.82, 2.24) is 20.3 Å². The first kappa shape index (κ1) is 8.50. The zero-order valence-corrected chi connectivity index (χ0v) is 7.82. The highest BCUT2D eigenvalue weighted by molar-refractivity contribution is 5.33. The summed E-state index contributed by atoms with van der Waals surface area (Å²) in [5.74, 6) is 1.04. The molecule has 0 radical (unpaired) electrons. The predicted octanol–water partition coefficient (Wildman–Crippen LogP) is 0.0718. The summed E-state index contributed by atoms with van der Waals surface area (Å²) >= 11 is 0. The monoisotopic (exact) mass is 181 g/mol. The molecule has 0 atom stereocenters. The molecule has 0 spiro atoms. The Hall–Kier alpha value is -1.10. The number of hydrogen-bond donors (Lipinski definition) is 2. The Morgan fingerprint density at radius 3 is 3.15 bits per heavy atom. The molecule has 1 fully saturated rings. The highest BCUT2D eigenvalue weighted by Gasteiger charge is 2.17. The zero-order valence-electron chi connectivity index (χ0n) is 7.82. The molecule has 0 saturated carbocycles. The van der Waals surface area contributed by atoms with Gasteiger partial charge in [0.25, 0.3) is 0 Å². The molecule has 5 nitrogen and oxygen atoms in total. The molecule has 2 rings (SSSR count). The van der Waals surface area contributed by atoms with E-state index < -0.39 is 0 Å². The molecule has 2 N–H and O–H groups in total. The lowest BCUT2D eigenvalue weighted by Gasteiger charge is -2.28. The first-order chi connectivity index (χ1) is 6.40. The molecule has 1 saturated heterocycles. The molecule has 1 aliphatic rings. The first-order valence-electron chi connectivity index (χ1n) is 4.76. The Bertz CT molecular complexity index is 265. The van der Waals surface area contributed by atoms with Crippen LogP contribution in [0.1, 0.15) is 13.3 Å². The van der Waals surface area contributed by atoms with E-state index in [4.69, 9.17) is 0 Å². The van der Waals surface area contributed by atoms with Crippen LogP contribution in [0.25, 0.3) is 0 Å². The van der Waals surface area contributed by atoms with Gasteiger partial charge in [-0.3, -0.25) is 0 Å². The minimum absolute atomic E-state index is 0.550.